The van der Waals surface area contributed by atoms with Crippen LogP contribution in [0.2, 0.25) is 0 Å². The molecular weight excluding hydrogens is 316 g/mol. The number of aryl methyl sites for hydroxylation is 1. The third-order valence-electron chi connectivity index (χ3n) is 3.86. The standard InChI is InChI=1S/C18H26N6O/c1-19-17(25)16-7-5-6-14(10-16)8-9-21-18(20-2)23(3)12-15-11-22-24(4)13-15/h5-7,10-11,13H,8-9,12H2,1-4H3,(H,19,25)(H,20,21). The van der Waals surface area contributed by atoms with E-state index in [9.17, 15) is 4.79 Å². The van der Waals surface area contributed by atoms with Crippen molar-refractivity contribution in [3.8, 4) is 0 Å². The fraction of sp³-hybridized carbons (Fsp3) is 0.389. The average Bonchev–Trinajstić information content (AvgIpc) is 3.02. The molecule has 7 nitrogen and oxygen atoms in total. The molecule has 0 fully saturated rings. The number of benzene rings is 1. The van der Waals surface area contributed by atoms with E-state index in [4.69, 9.17) is 0 Å². The number of nitrogens with zero attached hydrogens (tertiary/aromatic N) is 4. The molecule has 2 rings (SSSR count). The van der Waals surface area contributed by atoms with Crippen molar-refractivity contribution < 1.29 is 4.79 Å². The summed E-state index contributed by atoms with van der Waals surface area (Å²) in [6, 6.07) is 7.67. The van der Waals surface area contributed by atoms with Crippen LogP contribution in [0.15, 0.2) is 41.7 Å². The number of hydrogen-bond donors (Lipinski definition) is 2. The van der Waals surface area contributed by atoms with Gasteiger partial charge in [0.2, 0.25) is 0 Å². The highest BCUT2D eigenvalue weighted by molar-refractivity contribution is 5.94. The Labute approximate surface area is 148 Å². The summed E-state index contributed by atoms with van der Waals surface area (Å²) in [5.74, 6) is 0.758. The van der Waals surface area contributed by atoms with Crippen LogP contribution in [0.4, 0.5) is 0 Å². The van der Waals surface area contributed by atoms with Crippen LogP contribution in [0.3, 0.4) is 0 Å². The lowest BCUT2D eigenvalue weighted by molar-refractivity contribution is 0.0963. The highest BCUT2D eigenvalue weighted by Gasteiger charge is 2.08. The molecule has 0 aliphatic heterocycles. The first-order valence-electron chi connectivity index (χ1n) is 8.23. The normalized spacial score (nSPS) is 11.3. The van der Waals surface area contributed by atoms with Gasteiger partial charge in [0.15, 0.2) is 5.96 Å². The Kier molecular flexibility index (Phi) is 6.56. The van der Waals surface area contributed by atoms with Crippen molar-refractivity contribution in [2.75, 3.05) is 27.7 Å². The first kappa shape index (κ1) is 18.5. The van der Waals surface area contributed by atoms with E-state index in [2.05, 4.69) is 25.6 Å². The second-order valence-corrected chi connectivity index (χ2v) is 5.88. The molecule has 7 heteroatoms. The summed E-state index contributed by atoms with van der Waals surface area (Å²) >= 11 is 0. The monoisotopic (exact) mass is 342 g/mol. The molecule has 2 N–H and O–H groups in total. The molecule has 1 amide bonds. The average molecular weight is 342 g/mol. The summed E-state index contributed by atoms with van der Waals surface area (Å²) in [6.45, 7) is 1.47. The fourth-order valence-electron chi connectivity index (χ4n) is 2.62. The van der Waals surface area contributed by atoms with Crippen LogP contribution < -0.4 is 10.6 Å². The smallest absolute Gasteiger partial charge is 0.251 e. The number of guanidine groups is 1. The van der Waals surface area contributed by atoms with Gasteiger partial charge in [-0.05, 0) is 24.1 Å². The van der Waals surface area contributed by atoms with Gasteiger partial charge in [-0.25, -0.2) is 0 Å². The van der Waals surface area contributed by atoms with E-state index in [-0.39, 0.29) is 5.91 Å². The minimum absolute atomic E-state index is 0.0678. The van der Waals surface area contributed by atoms with Gasteiger partial charge >= 0.3 is 0 Å². The molecule has 0 saturated heterocycles. The Balaban J connectivity index is 1.87. The minimum atomic E-state index is -0.0678. The lowest BCUT2D eigenvalue weighted by Crippen LogP contribution is -2.39. The zero-order valence-electron chi connectivity index (χ0n) is 15.3. The fourth-order valence-corrected chi connectivity index (χ4v) is 2.62. The van der Waals surface area contributed by atoms with Crippen molar-refractivity contribution in [1.29, 1.82) is 0 Å². The summed E-state index contributed by atoms with van der Waals surface area (Å²) < 4.78 is 1.79. The van der Waals surface area contributed by atoms with E-state index in [0.29, 0.717) is 5.56 Å². The van der Waals surface area contributed by atoms with Crippen molar-refractivity contribution in [3.63, 3.8) is 0 Å². The van der Waals surface area contributed by atoms with Crippen LogP contribution >= 0.6 is 0 Å². The Morgan fingerprint density at radius 1 is 1.36 bits per heavy atom. The molecule has 1 aromatic carbocycles. The van der Waals surface area contributed by atoms with Crippen molar-refractivity contribution in [1.82, 2.24) is 25.3 Å². The predicted molar refractivity (Wildman–Crippen MR) is 99.6 cm³/mol. The van der Waals surface area contributed by atoms with Crippen LogP contribution in [-0.2, 0) is 20.0 Å². The number of carbonyl (C=O) groups is 1. The second-order valence-electron chi connectivity index (χ2n) is 5.88. The van der Waals surface area contributed by atoms with Crippen molar-refractivity contribution >= 4 is 11.9 Å². The Morgan fingerprint density at radius 2 is 2.16 bits per heavy atom. The molecule has 2 aromatic rings. The Bertz CT molecular complexity index is 737. The summed E-state index contributed by atoms with van der Waals surface area (Å²) in [5, 5.41) is 10.2. The van der Waals surface area contributed by atoms with Gasteiger partial charge in [0.1, 0.15) is 0 Å². The summed E-state index contributed by atoms with van der Waals surface area (Å²) in [5.41, 5.74) is 2.92. The van der Waals surface area contributed by atoms with Crippen molar-refractivity contribution in [2.45, 2.75) is 13.0 Å². The highest BCUT2D eigenvalue weighted by Crippen LogP contribution is 2.06. The number of carbonyl (C=O) groups excluding carboxylic acids is 1. The van der Waals surface area contributed by atoms with Gasteiger partial charge in [-0.3, -0.25) is 14.5 Å². The zero-order chi connectivity index (χ0) is 18.2. The maximum atomic E-state index is 11.7. The quantitative estimate of drug-likeness (QED) is 0.607. The third-order valence-corrected chi connectivity index (χ3v) is 3.86. The maximum absolute atomic E-state index is 11.7. The Hall–Kier alpha value is -2.83. The van der Waals surface area contributed by atoms with E-state index in [1.807, 2.05) is 50.8 Å². The molecule has 1 aromatic heterocycles. The summed E-state index contributed by atoms with van der Waals surface area (Å²) in [6.07, 6.45) is 4.66. The molecule has 0 unspecified atom stereocenters. The lowest BCUT2D eigenvalue weighted by atomic mass is 10.1. The number of aliphatic imine (C=N–C) groups is 1. The third kappa shape index (κ3) is 5.34. The molecule has 134 valence electrons. The van der Waals surface area contributed by atoms with Crippen LogP contribution in [0.25, 0.3) is 0 Å². The molecular formula is C18H26N6O. The molecule has 0 radical (unpaired) electrons. The first-order valence-corrected chi connectivity index (χ1v) is 8.23. The van der Waals surface area contributed by atoms with Gasteiger partial charge in [0, 0.05) is 58.6 Å². The molecule has 1 heterocycles. The largest absolute Gasteiger partial charge is 0.356 e. The van der Waals surface area contributed by atoms with E-state index in [1.54, 1.807) is 18.8 Å². The second kappa shape index (κ2) is 8.86. The van der Waals surface area contributed by atoms with Gasteiger partial charge in [0.05, 0.1) is 6.20 Å². The summed E-state index contributed by atoms with van der Waals surface area (Å²) in [7, 11) is 7.31. The van der Waals surface area contributed by atoms with Gasteiger partial charge in [-0.15, -0.1) is 0 Å². The Morgan fingerprint density at radius 3 is 2.80 bits per heavy atom. The SMILES string of the molecule is CN=C(NCCc1cccc(C(=O)NC)c1)N(C)Cc1cnn(C)c1. The maximum Gasteiger partial charge on any atom is 0.251 e. The lowest BCUT2D eigenvalue weighted by Gasteiger charge is -2.21. The van der Waals surface area contributed by atoms with Crippen LogP contribution in [0, 0.1) is 0 Å². The summed E-state index contributed by atoms with van der Waals surface area (Å²) in [4.78, 5) is 18.1. The molecule has 0 saturated carbocycles. The van der Waals surface area contributed by atoms with Gasteiger partial charge < -0.3 is 15.5 Å². The predicted octanol–water partition coefficient (Wildman–Crippen LogP) is 1.03. The number of hydrogen-bond acceptors (Lipinski definition) is 3. The van der Waals surface area contributed by atoms with Gasteiger partial charge in [-0.2, -0.15) is 5.10 Å². The van der Waals surface area contributed by atoms with E-state index < -0.39 is 0 Å². The first-order chi connectivity index (χ1) is 12.0. The van der Waals surface area contributed by atoms with Crippen molar-refractivity contribution in [2.24, 2.45) is 12.0 Å². The molecule has 0 atom stereocenters. The zero-order valence-corrected chi connectivity index (χ0v) is 15.3. The number of amides is 1. The van der Waals surface area contributed by atoms with Crippen molar-refractivity contribution in [3.05, 3.63) is 53.3 Å². The topological polar surface area (TPSA) is 74.6 Å². The number of aromatic nitrogens is 2. The minimum Gasteiger partial charge on any atom is -0.356 e. The van der Waals surface area contributed by atoms with Gasteiger partial charge in [0.25, 0.3) is 5.91 Å². The highest BCUT2D eigenvalue weighted by atomic mass is 16.1. The van der Waals surface area contributed by atoms with Crippen LogP contribution in [-0.4, -0.2) is 54.2 Å². The van der Waals surface area contributed by atoms with Crippen LogP contribution in [0.1, 0.15) is 21.5 Å². The van der Waals surface area contributed by atoms with E-state index in [0.717, 1.165) is 36.6 Å². The molecule has 0 aliphatic rings. The molecule has 0 aliphatic carbocycles. The van der Waals surface area contributed by atoms with Crippen LogP contribution in [0.5, 0.6) is 0 Å². The number of rotatable bonds is 6. The molecule has 0 spiro atoms. The van der Waals surface area contributed by atoms with Gasteiger partial charge in [-0.1, -0.05) is 12.1 Å². The molecule has 0 bridgehead atoms. The number of nitrogens with one attached hydrogen (secondary N) is 2. The molecule has 25 heavy (non-hydrogen) atoms. The van der Waals surface area contributed by atoms with E-state index >= 15 is 0 Å². The van der Waals surface area contributed by atoms with E-state index in [1.165, 1.54) is 0 Å².